The number of thioether (sulfide) groups is 1. The summed E-state index contributed by atoms with van der Waals surface area (Å²) in [5.74, 6) is 0.888. The van der Waals surface area contributed by atoms with Crippen molar-refractivity contribution < 1.29 is 4.79 Å². The van der Waals surface area contributed by atoms with Crippen LogP contribution in [0.5, 0.6) is 0 Å². The number of aromatic nitrogens is 7. The molecule has 164 valence electrons. The van der Waals surface area contributed by atoms with Crippen LogP contribution in [0.3, 0.4) is 0 Å². The third kappa shape index (κ3) is 4.86. The van der Waals surface area contributed by atoms with Crippen molar-refractivity contribution in [2.75, 3.05) is 11.1 Å². The number of aryl methyl sites for hydroxylation is 1. The van der Waals surface area contributed by atoms with Gasteiger partial charge in [0.2, 0.25) is 5.91 Å². The lowest BCUT2D eigenvalue weighted by Crippen LogP contribution is -2.18. The molecule has 1 N–H and O–H groups in total. The van der Waals surface area contributed by atoms with Gasteiger partial charge < -0.3 is 5.32 Å². The van der Waals surface area contributed by atoms with E-state index in [1.807, 2.05) is 41.8 Å². The van der Waals surface area contributed by atoms with Crippen LogP contribution < -0.4 is 5.32 Å². The number of benzene rings is 1. The fourth-order valence-corrected chi connectivity index (χ4v) is 3.63. The molecule has 0 aliphatic rings. The van der Waals surface area contributed by atoms with Crippen molar-refractivity contribution in [3.05, 3.63) is 66.4 Å². The van der Waals surface area contributed by atoms with E-state index in [2.05, 4.69) is 51.4 Å². The molecule has 0 spiro atoms. The molecule has 32 heavy (non-hydrogen) atoms. The van der Waals surface area contributed by atoms with Crippen LogP contribution in [0, 0.1) is 6.92 Å². The van der Waals surface area contributed by atoms with Gasteiger partial charge in [0.05, 0.1) is 11.4 Å². The lowest BCUT2D eigenvalue weighted by Gasteiger charge is -2.13. The van der Waals surface area contributed by atoms with Crippen molar-refractivity contribution in [2.45, 2.75) is 38.3 Å². The molecular formula is C22H24N8OS. The van der Waals surface area contributed by atoms with Crippen LogP contribution in [-0.4, -0.2) is 46.2 Å². The Morgan fingerprint density at radius 1 is 1.12 bits per heavy atom. The van der Waals surface area contributed by atoms with E-state index in [0.717, 1.165) is 11.4 Å². The molecule has 0 atom stereocenters. The summed E-state index contributed by atoms with van der Waals surface area (Å²) < 4.78 is 3.41. The van der Waals surface area contributed by atoms with Crippen molar-refractivity contribution >= 4 is 23.5 Å². The maximum atomic E-state index is 12.8. The number of carbonyl (C=O) groups is 1. The van der Waals surface area contributed by atoms with Crippen molar-refractivity contribution in [1.29, 1.82) is 0 Å². The lowest BCUT2D eigenvalue weighted by molar-refractivity contribution is -0.113. The van der Waals surface area contributed by atoms with Gasteiger partial charge in [-0.3, -0.25) is 9.36 Å². The molecule has 0 aliphatic carbocycles. The van der Waals surface area contributed by atoms with E-state index in [1.165, 1.54) is 17.3 Å². The zero-order valence-corrected chi connectivity index (χ0v) is 19.2. The zero-order chi connectivity index (χ0) is 22.7. The van der Waals surface area contributed by atoms with Gasteiger partial charge in [-0.15, -0.1) is 10.2 Å². The van der Waals surface area contributed by atoms with Crippen molar-refractivity contribution in [1.82, 2.24) is 34.5 Å². The second kappa shape index (κ2) is 8.91. The lowest BCUT2D eigenvalue weighted by atomic mass is 9.92. The highest BCUT2D eigenvalue weighted by Crippen LogP contribution is 2.26. The first-order valence-corrected chi connectivity index (χ1v) is 11.1. The van der Waals surface area contributed by atoms with E-state index in [-0.39, 0.29) is 17.1 Å². The average Bonchev–Trinajstić information content (AvgIpc) is 3.40. The van der Waals surface area contributed by atoms with Crippen LogP contribution in [0.2, 0.25) is 0 Å². The summed E-state index contributed by atoms with van der Waals surface area (Å²) in [5.41, 5.74) is 2.74. The van der Waals surface area contributed by atoms with E-state index in [4.69, 9.17) is 0 Å². The third-order valence-corrected chi connectivity index (χ3v) is 5.59. The molecule has 0 radical (unpaired) electrons. The van der Waals surface area contributed by atoms with Gasteiger partial charge in [-0.1, -0.05) is 50.2 Å². The Kier molecular flexibility index (Phi) is 6.04. The quantitative estimate of drug-likeness (QED) is 0.450. The normalized spacial score (nSPS) is 11.5. The maximum Gasteiger partial charge on any atom is 0.252 e. The molecule has 9 nitrogen and oxygen atoms in total. The maximum absolute atomic E-state index is 12.8. The highest BCUT2D eigenvalue weighted by Gasteiger charge is 2.22. The van der Waals surface area contributed by atoms with Gasteiger partial charge in [0, 0.05) is 29.6 Å². The molecule has 4 aromatic rings. The van der Waals surface area contributed by atoms with E-state index in [9.17, 15) is 4.79 Å². The summed E-state index contributed by atoms with van der Waals surface area (Å²) in [4.78, 5) is 21.3. The van der Waals surface area contributed by atoms with Crippen LogP contribution >= 0.6 is 11.8 Å². The van der Waals surface area contributed by atoms with Crippen molar-refractivity contribution in [3.8, 4) is 11.6 Å². The van der Waals surface area contributed by atoms with Gasteiger partial charge in [0.25, 0.3) is 5.95 Å². The van der Waals surface area contributed by atoms with Gasteiger partial charge in [0.15, 0.2) is 5.16 Å². The largest absolute Gasteiger partial charge is 0.310 e. The molecule has 1 amide bonds. The summed E-state index contributed by atoms with van der Waals surface area (Å²) in [6.45, 7) is 8.22. The molecular weight excluding hydrogens is 424 g/mol. The molecule has 0 bridgehead atoms. The molecule has 0 aliphatic heterocycles. The standard InChI is InChI=1S/C22H24N8OS/c1-15-6-8-16(9-7-15)29-14-25-27-21(29)32-13-19(31)26-18-12-17(22(2,3)4)28-30(18)20-23-10-5-11-24-20/h5-12,14H,13H2,1-4H3,(H,26,31). The minimum absolute atomic E-state index is 0.163. The van der Waals surface area contributed by atoms with Gasteiger partial charge >= 0.3 is 0 Å². The van der Waals surface area contributed by atoms with E-state index >= 15 is 0 Å². The first kappa shape index (κ1) is 21.7. The van der Waals surface area contributed by atoms with Gasteiger partial charge in [-0.25, -0.2) is 9.97 Å². The van der Waals surface area contributed by atoms with Gasteiger partial charge in [-0.2, -0.15) is 9.78 Å². The number of rotatable bonds is 6. The summed E-state index contributed by atoms with van der Waals surface area (Å²) in [6.07, 6.45) is 4.92. The van der Waals surface area contributed by atoms with Crippen LogP contribution in [-0.2, 0) is 10.2 Å². The molecule has 10 heteroatoms. The minimum atomic E-state index is -0.196. The predicted octanol–water partition coefficient (Wildman–Crippen LogP) is 3.58. The zero-order valence-electron chi connectivity index (χ0n) is 18.4. The molecule has 0 unspecified atom stereocenters. The Balaban J connectivity index is 1.50. The van der Waals surface area contributed by atoms with Gasteiger partial charge in [-0.05, 0) is 25.1 Å². The second-order valence-corrected chi connectivity index (χ2v) is 9.22. The highest BCUT2D eigenvalue weighted by atomic mass is 32.2. The summed E-state index contributed by atoms with van der Waals surface area (Å²) in [5, 5.41) is 16.3. The molecule has 0 fully saturated rings. The summed E-state index contributed by atoms with van der Waals surface area (Å²) in [6, 6.07) is 11.6. The minimum Gasteiger partial charge on any atom is -0.310 e. The number of carbonyl (C=O) groups excluding carboxylic acids is 1. The summed E-state index contributed by atoms with van der Waals surface area (Å²) in [7, 11) is 0. The Morgan fingerprint density at radius 2 is 1.84 bits per heavy atom. The van der Waals surface area contributed by atoms with E-state index in [1.54, 1.807) is 29.5 Å². The first-order chi connectivity index (χ1) is 15.3. The second-order valence-electron chi connectivity index (χ2n) is 8.28. The fourth-order valence-electron chi connectivity index (χ4n) is 2.90. The molecule has 3 heterocycles. The molecule has 4 rings (SSSR count). The molecule has 3 aromatic heterocycles. The van der Waals surface area contributed by atoms with Crippen molar-refractivity contribution in [3.63, 3.8) is 0 Å². The monoisotopic (exact) mass is 448 g/mol. The van der Waals surface area contributed by atoms with Crippen LogP contribution in [0.25, 0.3) is 11.6 Å². The predicted molar refractivity (Wildman–Crippen MR) is 123 cm³/mol. The number of nitrogens with zero attached hydrogens (tertiary/aromatic N) is 7. The Labute approximate surface area is 190 Å². The SMILES string of the molecule is Cc1ccc(-n2cnnc2SCC(=O)Nc2cc(C(C)(C)C)nn2-c2ncccn2)cc1. The average molecular weight is 449 g/mol. The first-order valence-electron chi connectivity index (χ1n) is 10.1. The van der Waals surface area contributed by atoms with Crippen LogP contribution in [0.1, 0.15) is 32.0 Å². The smallest absolute Gasteiger partial charge is 0.252 e. The van der Waals surface area contributed by atoms with Crippen molar-refractivity contribution in [2.24, 2.45) is 0 Å². The number of nitrogens with one attached hydrogen (secondary N) is 1. The Bertz CT molecular complexity index is 1210. The number of anilines is 1. The highest BCUT2D eigenvalue weighted by molar-refractivity contribution is 7.99. The third-order valence-electron chi connectivity index (χ3n) is 4.65. The molecule has 1 aromatic carbocycles. The number of amides is 1. The summed E-state index contributed by atoms with van der Waals surface area (Å²) >= 11 is 1.31. The molecule has 0 saturated carbocycles. The molecule has 0 saturated heterocycles. The topological polar surface area (TPSA) is 103 Å². The van der Waals surface area contributed by atoms with E-state index < -0.39 is 0 Å². The van der Waals surface area contributed by atoms with Crippen LogP contribution in [0.4, 0.5) is 5.82 Å². The van der Waals surface area contributed by atoms with Crippen LogP contribution in [0.15, 0.2) is 60.3 Å². The van der Waals surface area contributed by atoms with E-state index in [0.29, 0.717) is 16.9 Å². The van der Waals surface area contributed by atoms with Gasteiger partial charge in [0.1, 0.15) is 12.1 Å². The fraction of sp³-hybridized carbons (Fsp3) is 0.273. The Hall–Kier alpha value is -3.53. The number of hydrogen-bond acceptors (Lipinski definition) is 7. The number of hydrogen-bond donors (Lipinski definition) is 1. The Morgan fingerprint density at radius 3 is 2.53 bits per heavy atom.